The van der Waals surface area contributed by atoms with Crippen molar-refractivity contribution in [2.24, 2.45) is 0 Å². The number of hydrogen-bond acceptors (Lipinski definition) is 2. The predicted molar refractivity (Wildman–Crippen MR) is 70.5 cm³/mol. The fourth-order valence-corrected chi connectivity index (χ4v) is 2.21. The lowest BCUT2D eigenvalue weighted by Crippen LogP contribution is -2.40. The zero-order valence-corrected chi connectivity index (χ0v) is 11.3. The molecule has 0 aliphatic carbocycles. The van der Waals surface area contributed by atoms with Crippen LogP contribution in [0.4, 0.5) is 23.2 Å². The molecular weight excluding hydrogens is 288 g/mol. The van der Waals surface area contributed by atoms with E-state index in [0.717, 1.165) is 38.0 Å². The van der Waals surface area contributed by atoms with Crippen molar-refractivity contribution in [2.45, 2.75) is 31.7 Å². The molecule has 0 unspecified atom stereocenters. The Morgan fingerprint density at radius 3 is 2.29 bits per heavy atom. The van der Waals surface area contributed by atoms with Gasteiger partial charge in [0.25, 0.3) is 0 Å². The van der Waals surface area contributed by atoms with Gasteiger partial charge in [0.2, 0.25) is 0 Å². The molecule has 7 heteroatoms. The molecule has 0 spiro atoms. The Kier molecular flexibility index (Phi) is 4.82. The average molecular weight is 304 g/mol. The highest BCUT2D eigenvalue weighted by molar-refractivity contribution is 5.96. The Balaban J connectivity index is 1.94. The molecule has 1 aromatic rings. The lowest BCUT2D eigenvalue weighted by Gasteiger charge is -2.16. The summed E-state index contributed by atoms with van der Waals surface area (Å²) in [4.78, 5) is 13.4. The van der Waals surface area contributed by atoms with Gasteiger partial charge >= 0.3 is 18.3 Å². The van der Waals surface area contributed by atoms with Gasteiger partial charge < -0.3 is 5.32 Å². The Hall–Kier alpha value is -1.63. The quantitative estimate of drug-likeness (QED) is 0.848. The van der Waals surface area contributed by atoms with Gasteiger partial charge in [0.05, 0.1) is 0 Å². The molecule has 3 nitrogen and oxygen atoms in total. The Labute approximate surface area is 119 Å². The first-order valence-corrected chi connectivity index (χ1v) is 6.68. The lowest BCUT2D eigenvalue weighted by molar-refractivity contribution is -0.163. The minimum Gasteiger partial charge on any atom is -0.321 e. The second-order valence-corrected chi connectivity index (χ2v) is 5.06. The molecule has 0 atom stereocenters. The topological polar surface area (TPSA) is 32.3 Å². The maximum absolute atomic E-state index is 12.8. The third kappa shape index (κ3) is 3.93. The first-order valence-electron chi connectivity index (χ1n) is 6.68. The molecule has 1 aromatic carbocycles. The molecule has 1 aliphatic heterocycles. The number of hydrogen-bond donors (Lipinski definition) is 1. The molecule has 2 rings (SSSR count). The van der Waals surface area contributed by atoms with Gasteiger partial charge in [0.1, 0.15) is 0 Å². The van der Waals surface area contributed by atoms with E-state index < -0.39 is 18.3 Å². The van der Waals surface area contributed by atoms with Gasteiger partial charge in [-0.25, -0.2) is 8.78 Å². The fourth-order valence-electron chi connectivity index (χ4n) is 2.21. The highest BCUT2D eigenvalue weighted by atomic mass is 19.3. The highest BCUT2D eigenvalue weighted by Crippen LogP contribution is 2.25. The lowest BCUT2D eigenvalue weighted by atomic mass is 10.2. The maximum atomic E-state index is 12.8. The summed E-state index contributed by atoms with van der Waals surface area (Å²) >= 11 is 0. The van der Waals surface area contributed by atoms with Crippen LogP contribution in [0.2, 0.25) is 0 Å². The van der Waals surface area contributed by atoms with Gasteiger partial charge in [0, 0.05) is 12.2 Å². The number of rotatable bonds is 5. The number of anilines is 1. The number of carbonyl (C=O) groups excluding carboxylic acids is 1. The molecule has 0 bridgehead atoms. The maximum Gasteiger partial charge on any atom is 0.383 e. The van der Waals surface area contributed by atoms with Crippen LogP contribution in [0, 0.1) is 0 Å². The molecule has 1 aliphatic rings. The van der Waals surface area contributed by atoms with E-state index in [-0.39, 0.29) is 5.69 Å². The summed E-state index contributed by atoms with van der Waals surface area (Å²) in [6.45, 7) is 2.81. The normalized spacial score (nSPS) is 16.4. The Bertz CT molecular complexity index is 484. The third-order valence-electron chi connectivity index (χ3n) is 3.39. The first-order chi connectivity index (χ1) is 9.89. The van der Waals surface area contributed by atoms with E-state index in [2.05, 4.69) is 4.90 Å². The van der Waals surface area contributed by atoms with Crippen LogP contribution in [0.3, 0.4) is 0 Å². The van der Waals surface area contributed by atoms with Gasteiger partial charge in [-0.3, -0.25) is 9.69 Å². The molecule has 21 heavy (non-hydrogen) atoms. The standard InChI is InChI=1S/C14H16F4N2O/c15-12(16)14(17,18)13(21)19-11-5-3-10(4-6-11)9-20-7-1-2-8-20/h3-6,12H,1-2,7-9H2,(H,19,21). The molecular formula is C14H16F4N2O. The number of benzene rings is 1. The van der Waals surface area contributed by atoms with Gasteiger partial charge in [-0.15, -0.1) is 0 Å². The van der Waals surface area contributed by atoms with E-state index in [1.54, 1.807) is 17.4 Å². The van der Waals surface area contributed by atoms with Crippen LogP contribution in [0.1, 0.15) is 18.4 Å². The molecule has 1 heterocycles. The summed E-state index contributed by atoms with van der Waals surface area (Å²) in [6.07, 6.45) is -1.69. The minimum absolute atomic E-state index is 0.0745. The predicted octanol–water partition coefficient (Wildman–Crippen LogP) is 3.12. The molecule has 1 amide bonds. The number of halogens is 4. The van der Waals surface area contributed by atoms with Crippen molar-refractivity contribution in [3.63, 3.8) is 0 Å². The largest absolute Gasteiger partial charge is 0.383 e. The van der Waals surface area contributed by atoms with Gasteiger partial charge in [-0.1, -0.05) is 12.1 Å². The number of likely N-dealkylation sites (tertiary alicyclic amines) is 1. The van der Waals surface area contributed by atoms with Gasteiger partial charge in [-0.2, -0.15) is 8.78 Å². The van der Waals surface area contributed by atoms with Crippen molar-refractivity contribution in [2.75, 3.05) is 18.4 Å². The fraction of sp³-hybridized carbons (Fsp3) is 0.500. The summed E-state index contributed by atoms with van der Waals surface area (Å²) in [7, 11) is 0. The zero-order chi connectivity index (χ0) is 15.5. The number of nitrogens with zero attached hydrogens (tertiary/aromatic N) is 1. The van der Waals surface area contributed by atoms with Crippen LogP contribution in [0.5, 0.6) is 0 Å². The summed E-state index contributed by atoms with van der Waals surface area (Å²) in [6, 6.07) is 6.25. The number of carbonyl (C=O) groups is 1. The van der Waals surface area contributed by atoms with Crippen molar-refractivity contribution in [3.8, 4) is 0 Å². The van der Waals surface area contributed by atoms with Crippen LogP contribution in [-0.2, 0) is 11.3 Å². The Morgan fingerprint density at radius 1 is 1.19 bits per heavy atom. The third-order valence-corrected chi connectivity index (χ3v) is 3.39. The molecule has 1 saturated heterocycles. The second-order valence-electron chi connectivity index (χ2n) is 5.06. The smallest absolute Gasteiger partial charge is 0.321 e. The average Bonchev–Trinajstić information content (AvgIpc) is 2.93. The SMILES string of the molecule is O=C(Nc1ccc(CN2CCCC2)cc1)C(F)(F)C(F)F. The van der Waals surface area contributed by atoms with Crippen molar-refractivity contribution < 1.29 is 22.4 Å². The molecule has 0 saturated carbocycles. The van der Waals surface area contributed by atoms with E-state index in [9.17, 15) is 22.4 Å². The van der Waals surface area contributed by atoms with Crippen molar-refractivity contribution in [3.05, 3.63) is 29.8 Å². The minimum atomic E-state index is -4.69. The van der Waals surface area contributed by atoms with Gasteiger partial charge in [0.15, 0.2) is 0 Å². The van der Waals surface area contributed by atoms with E-state index in [1.807, 2.05) is 0 Å². The van der Waals surface area contributed by atoms with Crippen LogP contribution in [0.15, 0.2) is 24.3 Å². The number of nitrogens with one attached hydrogen (secondary N) is 1. The van der Waals surface area contributed by atoms with Crippen LogP contribution < -0.4 is 5.32 Å². The number of amides is 1. The Morgan fingerprint density at radius 2 is 1.76 bits per heavy atom. The summed E-state index contributed by atoms with van der Waals surface area (Å²) in [5.74, 6) is -6.68. The van der Waals surface area contributed by atoms with Crippen molar-refractivity contribution in [1.82, 2.24) is 4.90 Å². The molecule has 1 N–H and O–H groups in total. The second kappa shape index (κ2) is 6.43. The van der Waals surface area contributed by atoms with E-state index in [1.165, 1.54) is 12.1 Å². The monoisotopic (exact) mass is 304 g/mol. The van der Waals surface area contributed by atoms with Crippen LogP contribution >= 0.6 is 0 Å². The number of alkyl halides is 4. The van der Waals surface area contributed by atoms with Gasteiger partial charge in [-0.05, 0) is 43.6 Å². The van der Waals surface area contributed by atoms with Crippen molar-refractivity contribution >= 4 is 11.6 Å². The van der Waals surface area contributed by atoms with Crippen LogP contribution in [0.25, 0.3) is 0 Å². The molecule has 116 valence electrons. The summed E-state index contributed by atoms with van der Waals surface area (Å²) in [5, 5.41) is 1.80. The molecule has 1 fully saturated rings. The first kappa shape index (κ1) is 15.8. The highest BCUT2D eigenvalue weighted by Gasteiger charge is 2.48. The van der Waals surface area contributed by atoms with E-state index in [4.69, 9.17) is 0 Å². The summed E-state index contributed by atoms with van der Waals surface area (Å²) in [5.41, 5.74) is 1.06. The van der Waals surface area contributed by atoms with Crippen LogP contribution in [-0.4, -0.2) is 36.2 Å². The van der Waals surface area contributed by atoms with Crippen molar-refractivity contribution in [1.29, 1.82) is 0 Å². The molecule has 0 radical (unpaired) electrons. The summed E-state index contributed by atoms with van der Waals surface area (Å²) < 4.78 is 49.7. The van der Waals surface area contributed by atoms with E-state index in [0.29, 0.717) is 0 Å². The van der Waals surface area contributed by atoms with E-state index >= 15 is 0 Å². The molecule has 0 aromatic heterocycles. The zero-order valence-electron chi connectivity index (χ0n) is 11.3.